The largest absolute Gasteiger partial charge is 0.480 e. The van der Waals surface area contributed by atoms with Crippen LogP contribution in [0, 0.1) is 17.3 Å². The van der Waals surface area contributed by atoms with Gasteiger partial charge in [-0.1, -0.05) is 74.3 Å². The van der Waals surface area contributed by atoms with Crippen molar-refractivity contribution in [1.82, 2.24) is 19.9 Å². The first-order chi connectivity index (χ1) is 29.2. The van der Waals surface area contributed by atoms with Gasteiger partial charge in [0.2, 0.25) is 5.88 Å². The van der Waals surface area contributed by atoms with Crippen LogP contribution in [0.5, 0.6) is 17.6 Å². The highest BCUT2D eigenvalue weighted by Gasteiger charge is 2.50. The molecule has 2 aliphatic heterocycles. The molecular weight excluding hydrogens is 821 g/mol. The number of halogens is 2. The van der Waals surface area contributed by atoms with Crippen LogP contribution in [0.1, 0.15) is 93.6 Å². The van der Waals surface area contributed by atoms with E-state index < -0.39 is 33.9 Å². The molecule has 1 aliphatic carbocycles. The van der Waals surface area contributed by atoms with Gasteiger partial charge in [0.05, 0.1) is 41.6 Å². The Morgan fingerprint density at radius 2 is 1.69 bits per heavy atom. The number of fused-ring (bicyclic) bond motifs is 3. The molecule has 4 atom stereocenters. The Hall–Kier alpha value is -3.88. The highest BCUT2D eigenvalue weighted by Crippen LogP contribution is 2.46. The quantitative estimate of drug-likeness (QED) is 0.0705. The fraction of sp³-hybridized carbons (Fsp3) is 0.604. The molecule has 0 amide bonds. The molecule has 10 nitrogen and oxygen atoms in total. The minimum Gasteiger partial charge on any atom is -0.480 e. The van der Waals surface area contributed by atoms with Crippen molar-refractivity contribution in [2.75, 3.05) is 46.0 Å². The summed E-state index contributed by atoms with van der Waals surface area (Å²) in [5, 5.41) is 5.65. The zero-order chi connectivity index (χ0) is 44.9. The van der Waals surface area contributed by atoms with E-state index in [2.05, 4.69) is 97.1 Å². The highest BCUT2D eigenvalue weighted by molar-refractivity contribution is 6.90. The Labute approximate surface area is 369 Å². The lowest BCUT2D eigenvalue weighted by Crippen LogP contribution is -2.43. The van der Waals surface area contributed by atoms with E-state index >= 15 is 4.39 Å². The maximum absolute atomic E-state index is 16.4. The number of hydrogen-bond acceptors (Lipinski definition) is 10. The average molecular weight is 888 g/mol. The molecule has 0 radical (unpaired) electrons. The van der Waals surface area contributed by atoms with Gasteiger partial charge in [-0.3, -0.25) is 4.90 Å². The van der Waals surface area contributed by atoms with Gasteiger partial charge in [-0.15, -0.1) is 5.54 Å². The molecule has 4 heterocycles. The van der Waals surface area contributed by atoms with Crippen molar-refractivity contribution in [3.8, 4) is 40.4 Å². The number of rotatable bonds is 15. The van der Waals surface area contributed by atoms with Crippen LogP contribution in [-0.2, 0) is 9.16 Å². The van der Waals surface area contributed by atoms with Gasteiger partial charge in [0.25, 0.3) is 0 Å². The van der Waals surface area contributed by atoms with Crippen molar-refractivity contribution in [3.05, 3.63) is 41.7 Å². The molecule has 1 N–H and O–H groups in total. The molecule has 0 spiro atoms. The number of aromatic nitrogens is 3. The molecule has 62 heavy (non-hydrogen) atoms. The lowest BCUT2D eigenvalue weighted by Gasteiger charge is -2.38. The van der Waals surface area contributed by atoms with Gasteiger partial charge in [0, 0.05) is 31.0 Å². The molecule has 1 saturated carbocycles. The molecule has 2 aromatic carbocycles. The minimum atomic E-state index is -2.25. The number of pyridine rings is 1. The van der Waals surface area contributed by atoms with E-state index in [4.69, 9.17) is 38.3 Å². The molecule has 14 heteroatoms. The van der Waals surface area contributed by atoms with Crippen molar-refractivity contribution >= 4 is 43.9 Å². The normalized spacial score (nSPS) is 21.8. The second-order valence-corrected chi connectivity index (χ2v) is 30.6. The van der Waals surface area contributed by atoms with E-state index in [1.165, 1.54) is 6.07 Å². The number of hydrogen-bond donors (Lipinski definition) is 1. The van der Waals surface area contributed by atoms with Crippen molar-refractivity contribution in [3.63, 3.8) is 0 Å². The van der Waals surface area contributed by atoms with E-state index in [1.54, 1.807) is 20.3 Å². The molecule has 4 aromatic rings. The van der Waals surface area contributed by atoms with Crippen LogP contribution >= 0.6 is 0 Å². The molecule has 2 saturated heterocycles. The summed E-state index contributed by atoms with van der Waals surface area (Å²) >= 11 is 0. The molecule has 2 aromatic heterocycles. The summed E-state index contributed by atoms with van der Waals surface area (Å²) in [4.78, 5) is 17.3. The van der Waals surface area contributed by atoms with Gasteiger partial charge in [0.15, 0.2) is 15.1 Å². The third-order valence-corrected chi connectivity index (χ3v) is 25.1. The third-order valence-electron chi connectivity index (χ3n) is 14.3. The summed E-state index contributed by atoms with van der Waals surface area (Å²) in [6, 6.07) is 9.00. The van der Waals surface area contributed by atoms with Crippen molar-refractivity contribution in [2.24, 2.45) is 0 Å². The van der Waals surface area contributed by atoms with E-state index in [1.807, 2.05) is 18.2 Å². The Kier molecular flexibility index (Phi) is 13.1. The summed E-state index contributed by atoms with van der Waals surface area (Å²) in [6.07, 6.45) is 2.23. The number of ether oxygens (including phenoxy) is 4. The predicted octanol–water partition coefficient (Wildman–Crippen LogP) is 11.1. The van der Waals surface area contributed by atoms with E-state index in [0.29, 0.717) is 74.3 Å². The van der Waals surface area contributed by atoms with Crippen LogP contribution in [-0.4, -0.2) is 101 Å². The zero-order valence-corrected chi connectivity index (χ0v) is 41.1. The van der Waals surface area contributed by atoms with E-state index in [-0.39, 0.29) is 42.5 Å². The first-order valence-electron chi connectivity index (χ1n) is 22.4. The highest BCUT2D eigenvalue weighted by atomic mass is 28.4. The maximum atomic E-state index is 16.4. The molecule has 0 bridgehead atoms. The number of anilines is 1. The summed E-state index contributed by atoms with van der Waals surface area (Å²) in [7, 11) is -1.15. The van der Waals surface area contributed by atoms with Gasteiger partial charge in [0.1, 0.15) is 43.6 Å². The van der Waals surface area contributed by atoms with Crippen LogP contribution in [0.25, 0.3) is 32.9 Å². The average Bonchev–Trinajstić information content (AvgIpc) is 3.66. The first kappa shape index (κ1) is 46.1. The van der Waals surface area contributed by atoms with E-state index in [0.717, 1.165) is 31.2 Å². The lowest BCUT2D eigenvalue weighted by molar-refractivity contribution is 0.0512. The van der Waals surface area contributed by atoms with Crippen LogP contribution in [0.4, 0.5) is 14.6 Å². The van der Waals surface area contributed by atoms with Crippen molar-refractivity contribution in [1.29, 1.82) is 0 Å². The minimum absolute atomic E-state index is 0.00589. The van der Waals surface area contributed by atoms with Crippen LogP contribution in [0.2, 0.25) is 34.8 Å². The Balaban J connectivity index is 1.40. The van der Waals surface area contributed by atoms with Crippen LogP contribution < -0.4 is 19.5 Å². The lowest BCUT2D eigenvalue weighted by atomic mass is 9.95. The van der Waals surface area contributed by atoms with Gasteiger partial charge in [-0.05, 0) is 90.2 Å². The Bertz CT molecular complexity index is 2340. The van der Waals surface area contributed by atoms with Crippen molar-refractivity contribution < 1.29 is 32.2 Å². The van der Waals surface area contributed by atoms with Crippen LogP contribution in [0.3, 0.4) is 0 Å². The number of alkyl halides is 1. The summed E-state index contributed by atoms with van der Waals surface area (Å²) in [6.45, 7) is 26.3. The standard InChI is InChI=1S/C48H67F2N5O5Si2/c1-29(2)62(30(3)4,31(5)6)20-17-35-37(50)16-15-32-21-34(59-28-56-10)22-36(42(32)35)38-23-40-43(45(52-38)57-11)44(51-39-24-41(39)60-61(12,13)47(7,8)9)54-46(53-40)58-27-48-18-14-19-55(48)26-33(49)25-48/h15-16,21-23,29-31,33,39,41H,14,18-19,24-28H2,1-13H3,(H,51,53,54)/t33-,39-,41-,48+/m1/s1. The summed E-state index contributed by atoms with van der Waals surface area (Å²) in [5.41, 5.74) is 6.36. The molecular formula is C48H67F2N5O5Si2. The summed E-state index contributed by atoms with van der Waals surface area (Å²) in [5.74, 6) is 4.35. The number of methoxy groups -OCH3 is 2. The predicted molar refractivity (Wildman–Crippen MR) is 250 cm³/mol. The number of nitrogens with zero attached hydrogens (tertiary/aromatic N) is 4. The molecule has 3 fully saturated rings. The van der Waals surface area contributed by atoms with Crippen molar-refractivity contribution in [2.45, 2.75) is 147 Å². The topological polar surface area (TPSA) is 100 Å². The van der Waals surface area contributed by atoms with Crippen LogP contribution in [0.15, 0.2) is 30.3 Å². The Morgan fingerprint density at radius 3 is 2.35 bits per heavy atom. The third kappa shape index (κ3) is 8.81. The van der Waals surface area contributed by atoms with E-state index in [9.17, 15) is 4.39 Å². The van der Waals surface area contributed by atoms with Gasteiger partial charge >= 0.3 is 6.01 Å². The Morgan fingerprint density at radius 1 is 0.968 bits per heavy atom. The SMILES string of the molecule is COCOc1cc(-c2cc3nc(OC[C@@]45CCCN4C[C@H](F)C5)nc(N[C@@H]4C[C@H]4O[Si](C)(C)C(C)(C)C)c3c(OC)n2)c2c(C#C[Si](C(C)C)(C(C)C)C(C)C)c(F)ccc2c1. The van der Waals surface area contributed by atoms with Gasteiger partial charge in [-0.2, -0.15) is 9.97 Å². The monoisotopic (exact) mass is 887 g/mol. The second-order valence-electron chi connectivity index (χ2n) is 20.2. The summed E-state index contributed by atoms with van der Waals surface area (Å²) < 4.78 is 61.9. The first-order valence-corrected chi connectivity index (χ1v) is 27.5. The fourth-order valence-corrected chi connectivity index (χ4v) is 16.5. The van der Waals surface area contributed by atoms with Gasteiger partial charge < -0.3 is 28.7 Å². The maximum Gasteiger partial charge on any atom is 0.319 e. The number of nitrogens with one attached hydrogen (secondary N) is 1. The van der Waals surface area contributed by atoms with Gasteiger partial charge in [-0.25, -0.2) is 13.8 Å². The second kappa shape index (κ2) is 17.6. The molecule has 3 aliphatic rings. The fourth-order valence-electron chi connectivity index (χ4n) is 9.94. The molecule has 0 unspecified atom stereocenters. The smallest absolute Gasteiger partial charge is 0.319 e. The molecule has 336 valence electrons. The molecule has 7 rings (SSSR count). The zero-order valence-electron chi connectivity index (χ0n) is 39.1. The number of benzene rings is 2.